The Morgan fingerprint density at radius 1 is 1.29 bits per heavy atom. The molecule has 1 fully saturated rings. The fourth-order valence-electron chi connectivity index (χ4n) is 2.85. The second-order valence-corrected chi connectivity index (χ2v) is 6.55. The first kappa shape index (κ1) is 16.2. The van der Waals surface area contributed by atoms with E-state index >= 15 is 0 Å². The molecule has 2 rings (SSSR count). The first-order valence-electron chi connectivity index (χ1n) is 7.82. The van der Waals surface area contributed by atoms with Gasteiger partial charge in [-0.05, 0) is 24.8 Å². The molecule has 2 atom stereocenters. The molecule has 0 amide bonds. The Morgan fingerprint density at radius 2 is 2.05 bits per heavy atom. The summed E-state index contributed by atoms with van der Waals surface area (Å²) in [5.41, 5.74) is 1.16. The minimum absolute atomic E-state index is 0.0314. The summed E-state index contributed by atoms with van der Waals surface area (Å²) in [6.07, 6.45) is 4.92. The van der Waals surface area contributed by atoms with Gasteiger partial charge >= 0.3 is 0 Å². The second-order valence-electron chi connectivity index (χ2n) is 6.55. The molecule has 1 saturated heterocycles. The van der Waals surface area contributed by atoms with Gasteiger partial charge in [0.25, 0.3) is 0 Å². The molecule has 3 nitrogen and oxygen atoms in total. The molecule has 0 aliphatic carbocycles. The Morgan fingerprint density at radius 3 is 2.76 bits per heavy atom. The van der Waals surface area contributed by atoms with Gasteiger partial charge in [-0.15, -0.1) is 0 Å². The predicted molar refractivity (Wildman–Crippen MR) is 83.1 cm³/mol. The van der Waals surface area contributed by atoms with Gasteiger partial charge in [-0.2, -0.15) is 0 Å². The van der Waals surface area contributed by atoms with Gasteiger partial charge in [0.1, 0.15) is 6.29 Å². The third-order valence-corrected chi connectivity index (χ3v) is 4.17. The zero-order valence-electron chi connectivity index (χ0n) is 13.1. The van der Waals surface area contributed by atoms with E-state index in [1.807, 2.05) is 18.2 Å². The molecule has 1 aromatic rings. The zero-order chi connectivity index (χ0) is 15.1. The predicted octanol–water partition coefficient (Wildman–Crippen LogP) is 3.76. The summed E-state index contributed by atoms with van der Waals surface area (Å²) >= 11 is 0. The molecule has 116 valence electrons. The largest absolute Gasteiger partial charge is 0.376 e. The Labute approximate surface area is 127 Å². The molecule has 0 N–H and O–H groups in total. The maximum absolute atomic E-state index is 10.7. The molecule has 0 spiro atoms. The van der Waals surface area contributed by atoms with Crippen molar-refractivity contribution in [2.45, 2.75) is 58.3 Å². The lowest BCUT2D eigenvalue weighted by atomic mass is 9.82. The number of aldehydes is 1. The van der Waals surface area contributed by atoms with Crippen LogP contribution in [0.2, 0.25) is 0 Å². The molecule has 0 radical (unpaired) electrons. The molecule has 0 saturated carbocycles. The Hall–Kier alpha value is -1.19. The van der Waals surface area contributed by atoms with Gasteiger partial charge in [0.15, 0.2) is 0 Å². The van der Waals surface area contributed by atoms with Crippen LogP contribution in [0.15, 0.2) is 30.3 Å². The highest BCUT2D eigenvalue weighted by molar-refractivity contribution is 5.50. The van der Waals surface area contributed by atoms with Gasteiger partial charge in [0.2, 0.25) is 0 Å². The first-order valence-corrected chi connectivity index (χ1v) is 7.82. The fraction of sp³-hybridized carbons (Fsp3) is 0.611. The summed E-state index contributed by atoms with van der Waals surface area (Å²) in [4.78, 5) is 10.7. The van der Waals surface area contributed by atoms with Crippen LogP contribution in [0.3, 0.4) is 0 Å². The van der Waals surface area contributed by atoms with Crippen LogP contribution >= 0.6 is 0 Å². The van der Waals surface area contributed by atoms with Crippen molar-refractivity contribution in [3.8, 4) is 0 Å². The molecule has 1 heterocycles. The van der Waals surface area contributed by atoms with Crippen molar-refractivity contribution in [2.75, 3.05) is 6.61 Å². The molecular weight excluding hydrogens is 264 g/mol. The van der Waals surface area contributed by atoms with Crippen molar-refractivity contribution >= 4 is 6.29 Å². The van der Waals surface area contributed by atoms with E-state index in [1.54, 1.807) is 0 Å². The Kier molecular flexibility index (Phi) is 5.95. The Balaban J connectivity index is 1.81. The maximum atomic E-state index is 10.7. The zero-order valence-corrected chi connectivity index (χ0v) is 13.1. The van der Waals surface area contributed by atoms with E-state index < -0.39 is 0 Å². The topological polar surface area (TPSA) is 35.5 Å². The SMILES string of the molecule is CC(C)(COCc1ccccc1)[C@H]1CCC[C@@H](CC=O)O1. The average Bonchev–Trinajstić information content (AvgIpc) is 2.49. The molecule has 3 heteroatoms. The van der Waals surface area contributed by atoms with E-state index in [2.05, 4.69) is 26.0 Å². The molecule has 1 aromatic carbocycles. The van der Waals surface area contributed by atoms with Crippen molar-refractivity contribution in [2.24, 2.45) is 5.41 Å². The lowest BCUT2D eigenvalue weighted by Gasteiger charge is -2.39. The van der Waals surface area contributed by atoms with Crippen molar-refractivity contribution in [1.82, 2.24) is 0 Å². The van der Waals surface area contributed by atoms with Crippen molar-refractivity contribution in [3.05, 3.63) is 35.9 Å². The number of benzene rings is 1. The van der Waals surface area contributed by atoms with E-state index in [9.17, 15) is 4.79 Å². The minimum Gasteiger partial charge on any atom is -0.376 e. The van der Waals surface area contributed by atoms with E-state index in [1.165, 1.54) is 5.56 Å². The highest BCUT2D eigenvalue weighted by Crippen LogP contribution is 2.33. The Bertz CT molecular complexity index is 427. The van der Waals surface area contributed by atoms with Gasteiger partial charge in [0, 0.05) is 11.8 Å². The molecule has 21 heavy (non-hydrogen) atoms. The van der Waals surface area contributed by atoms with Crippen molar-refractivity contribution in [3.63, 3.8) is 0 Å². The standard InChI is InChI=1S/C18H26O3/c1-18(2,14-20-13-15-7-4-3-5-8-15)17-10-6-9-16(21-17)11-12-19/h3-5,7-8,12,16-17H,6,9-11,13-14H2,1-2H3/t16-,17+/m0/s1. The number of hydrogen-bond donors (Lipinski definition) is 0. The second kappa shape index (κ2) is 7.71. The number of carbonyl (C=O) groups is 1. The molecule has 0 bridgehead atoms. The van der Waals surface area contributed by atoms with E-state index in [4.69, 9.17) is 9.47 Å². The molecule has 0 aromatic heterocycles. The number of rotatable bonds is 7. The van der Waals surface area contributed by atoms with Gasteiger partial charge in [-0.1, -0.05) is 44.2 Å². The minimum atomic E-state index is -0.0314. The molecule has 0 unspecified atom stereocenters. The highest BCUT2D eigenvalue weighted by Gasteiger charge is 2.35. The van der Waals surface area contributed by atoms with Crippen LogP contribution in [0.5, 0.6) is 0 Å². The third kappa shape index (κ3) is 4.94. The quantitative estimate of drug-likeness (QED) is 0.717. The summed E-state index contributed by atoms with van der Waals surface area (Å²) in [6, 6.07) is 10.2. The van der Waals surface area contributed by atoms with Crippen molar-refractivity contribution < 1.29 is 14.3 Å². The summed E-state index contributed by atoms with van der Waals surface area (Å²) in [5, 5.41) is 0. The lowest BCUT2D eigenvalue weighted by Crippen LogP contribution is -2.41. The van der Waals surface area contributed by atoms with Crippen LogP contribution in [-0.4, -0.2) is 25.1 Å². The van der Waals surface area contributed by atoms with E-state index in [-0.39, 0.29) is 17.6 Å². The van der Waals surface area contributed by atoms with E-state index in [0.717, 1.165) is 25.5 Å². The normalized spacial score (nSPS) is 23.0. The number of carbonyl (C=O) groups excluding carboxylic acids is 1. The van der Waals surface area contributed by atoms with Gasteiger partial charge in [-0.3, -0.25) is 0 Å². The molecular formula is C18H26O3. The van der Waals surface area contributed by atoms with Gasteiger partial charge < -0.3 is 14.3 Å². The van der Waals surface area contributed by atoms with E-state index in [0.29, 0.717) is 19.6 Å². The monoisotopic (exact) mass is 290 g/mol. The highest BCUT2D eigenvalue weighted by atomic mass is 16.5. The van der Waals surface area contributed by atoms with Crippen LogP contribution in [0.4, 0.5) is 0 Å². The lowest BCUT2D eigenvalue weighted by molar-refractivity contribution is -0.133. The van der Waals surface area contributed by atoms with Crippen LogP contribution in [0.25, 0.3) is 0 Å². The van der Waals surface area contributed by atoms with Crippen LogP contribution in [0, 0.1) is 5.41 Å². The van der Waals surface area contributed by atoms with Gasteiger partial charge in [0.05, 0.1) is 25.4 Å². The summed E-state index contributed by atoms with van der Waals surface area (Å²) in [7, 11) is 0. The smallest absolute Gasteiger partial charge is 0.122 e. The van der Waals surface area contributed by atoms with Crippen LogP contribution < -0.4 is 0 Å². The summed E-state index contributed by atoms with van der Waals surface area (Å²) in [5.74, 6) is 0. The van der Waals surface area contributed by atoms with Gasteiger partial charge in [-0.25, -0.2) is 0 Å². The maximum Gasteiger partial charge on any atom is 0.122 e. The van der Waals surface area contributed by atoms with Crippen LogP contribution in [0.1, 0.15) is 45.1 Å². The third-order valence-electron chi connectivity index (χ3n) is 4.17. The number of ether oxygens (including phenoxy) is 2. The first-order chi connectivity index (χ1) is 10.1. The van der Waals surface area contributed by atoms with Crippen LogP contribution in [-0.2, 0) is 20.9 Å². The molecule has 1 aliphatic rings. The number of hydrogen-bond acceptors (Lipinski definition) is 3. The summed E-state index contributed by atoms with van der Waals surface area (Å²) < 4.78 is 12.0. The molecule has 1 aliphatic heterocycles. The average molecular weight is 290 g/mol. The van der Waals surface area contributed by atoms with Crippen molar-refractivity contribution in [1.29, 1.82) is 0 Å². The fourth-order valence-corrected chi connectivity index (χ4v) is 2.85. The summed E-state index contributed by atoms with van der Waals surface area (Å²) in [6.45, 7) is 5.67.